The molecule has 0 fully saturated rings. The summed E-state index contributed by atoms with van der Waals surface area (Å²) in [6.07, 6.45) is 0. The second-order valence-corrected chi connectivity index (χ2v) is 6.42. The van der Waals surface area contributed by atoms with Crippen LogP contribution in [-0.4, -0.2) is 10.2 Å². The van der Waals surface area contributed by atoms with Crippen molar-refractivity contribution in [1.82, 2.24) is 10.2 Å². The van der Waals surface area contributed by atoms with Gasteiger partial charge in [-0.15, -0.1) is 10.2 Å². The minimum Gasteiger partial charge on any atom is -0.378 e. The van der Waals surface area contributed by atoms with Crippen LogP contribution in [-0.2, 0) is 6.54 Å². The van der Waals surface area contributed by atoms with Crippen molar-refractivity contribution in [1.29, 1.82) is 0 Å². The zero-order chi connectivity index (χ0) is 13.8. The molecule has 5 heteroatoms. The molecule has 3 rings (SSSR count). The Balaban J connectivity index is 1.71. The average Bonchev–Trinajstić information content (AvgIpc) is 2.96. The monoisotopic (exact) mass is 393 g/mol. The van der Waals surface area contributed by atoms with Crippen LogP contribution in [0, 0.1) is 3.57 Å². The number of rotatable bonds is 4. The second kappa shape index (κ2) is 6.32. The fraction of sp³-hybridized carbons (Fsp3) is 0.0667. The number of nitrogens with zero attached hydrogens (tertiary/aromatic N) is 2. The number of halogens is 1. The predicted molar refractivity (Wildman–Crippen MR) is 91.8 cm³/mol. The van der Waals surface area contributed by atoms with E-state index in [0.717, 1.165) is 21.3 Å². The minimum absolute atomic E-state index is 0.699. The molecule has 1 N–H and O–H groups in total. The fourth-order valence-electron chi connectivity index (χ4n) is 1.80. The number of aromatic nitrogens is 2. The molecule has 20 heavy (non-hydrogen) atoms. The van der Waals surface area contributed by atoms with E-state index in [4.69, 9.17) is 0 Å². The lowest BCUT2D eigenvalue weighted by molar-refractivity contribution is 0.992. The summed E-state index contributed by atoms with van der Waals surface area (Å²) < 4.78 is 1.21. The highest BCUT2D eigenvalue weighted by atomic mass is 127. The second-order valence-electron chi connectivity index (χ2n) is 4.20. The highest BCUT2D eigenvalue weighted by Crippen LogP contribution is 2.24. The number of nitrogens with one attached hydrogen (secondary N) is 1. The third-order valence-electron chi connectivity index (χ3n) is 2.79. The summed E-state index contributed by atoms with van der Waals surface area (Å²) in [6, 6.07) is 18.4. The van der Waals surface area contributed by atoms with E-state index in [-0.39, 0.29) is 0 Å². The number of hydrogen-bond acceptors (Lipinski definition) is 4. The summed E-state index contributed by atoms with van der Waals surface area (Å²) in [5.41, 5.74) is 2.25. The number of hydrogen-bond donors (Lipinski definition) is 1. The molecule has 2 aromatic carbocycles. The van der Waals surface area contributed by atoms with Crippen molar-refractivity contribution >= 4 is 39.6 Å². The van der Waals surface area contributed by atoms with Gasteiger partial charge in [-0.2, -0.15) is 0 Å². The summed E-state index contributed by atoms with van der Waals surface area (Å²) in [5.74, 6) is 0. The maximum absolute atomic E-state index is 4.25. The van der Waals surface area contributed by atoms with Gasteiger partial charge >= 0.3 is 0 Å². The van der Waals surface area contributed by atoms with Crippen molar-refractivity contribution in [2.24, 2.45) is 0 Å². The van der Waals surface area contributed by atoms with E-state index in [1.54, 1.807) is 11.3 Å². The van der Waals surface area contributed by atoms with E-state index in [0.29, 0.717) is 6.54 Å². The third-order valence-corrected chi connectivity index (χ3v) is 4.70. The lowest BCUT2D eigenvalue weighted by atomic mass is 10.2. The molecule has 100 valence electrons. The molecule has 0 bridgehead atoms. The summed E-state index contributed by atoms with van der Waals surface area (Å²) >= 11 is 3.95. The van der Waals surface area contributed by atoms with Crippen LogP contribution in [0.15, 0.2) is 54.6 Å². The van der Waals surface area contributed by atoms with Crippen molar-refractivity contribution in [3.63, 3.8) is 0 Å². The van der Waals surface area contributed by atoms with Gasteiger partial charge in [-0.05, 0) is 34.7 Å². The van der Waals surface area contributed by atoms with Crippen LogP contribution in [0.5, 0.6) is 0 Å². The SMILES string of the molecule is Ic1ccccc1NCc1nnc(-c2ccccc2)s1. The van der Waals surface area contributed by atoms with Crippen LogP contribution in [0.2, 0.25) is 0 Å². The summed E-state index contributed by atoms with van der Waals surface area (Å²) in [7, 11) is 0. The van der Waals surface area contributed by atoms with Gasteiger partial charge in [-0.3, -0.25) is 0 Å². The Morgan fingerprint density at radius 1 is 0.950 bits per heavy atom. The van der Waals surface area contributed by atoms with E-state index in [9.17, 15) is 0 Å². The zero-order valence-electron chi connectivity index (χ0n) is 10.6. The quantitative estimate of drug-likeness (QED) is 0.667. The Hall–Kier alpha value is -1.47. The van der Waals surface area contributed by atoms with E-state index in [1.807, 2.05) is 30.3 Å². The van der Waals surface area contributed by atoms with Crippen LogP contribution in [0.1, 0.15) is 5.01 Å². The van der Waals surface area contributed by atoms with Gasteiger partial charge in [0.15, 0.2) is 0 Å². The molecule has 1 heterocycles. The molecule has 0 aliphatic carbocycles. The first-order valence-electron chi connectivity index (χ1n) is 6.19. The van der Waals surface area contributed by atoms with Gasteiger partial charge in [0.1, 0.15) is 10.0 Å². The lowest BCUT2D eigenvalue weighted by Gasteiger charge is -2.05. The molecule has 3 nitrogen and oxygen atoms in total. The van der Waals surface area contributed by atoms with Crippen molar-refractivity contribution in [2.75, 3.05) is 5.32 Å². The Kier molecular flexibility index (Phi) is 4.27. The smallest absolute Gasteiger partial charge is 0.147 e. The molecule has 1 aromatic heterocycles. The largest absolute Gasteiger partial charge is 0.378 e. The first-order chi connectivity index (χ1) is 9.83. The molecule has 3 aromatic rings. The first kappa shape index (κ1) is 13.5. The van der Waals surface area contributed by atoms with Crippen molar-refractivity contribution in [3.05, 3.63) is 63.2 Å². The maximum Gasteiger partial charge on any atom is 0.147 e. The predicted octanol–water partition coefficient (Wildman–Crippen LogP) is 4.42. The molecule has 0 spiro atoms. The molecule has 0 unspecified atom stereocenters. The van der Waals surface area contributed by atoms with E-state index in [2.05, 4.69) is 62.4 Å². The van der Waals surface area contributed by atoms with Gasteiger partial charge in [0.25, 0.3) is 0 Å². The number of para-hydroxylation sites is 1. The van der Waals surface area contributed by atoms with Crippen LogP contribution in [0.25, 0.3) is 10.6 Å². The first-order valence-corrected chi connectivity index (χ1v) is 8.08. The standard InChI is InChI=1S/C15H12IN3S/c16-12-8-4-5-9-13(12)17-10-14-18-19-15(20-14)11-6-2-1-3-7-11/h1-9,17H,10H2. The molecule has 0 radical (unpaired) electrons. The topological polar surface area (TPSA) is 37.8 Å². The zero-order valence-corrected chi connectivity index (χ0v) is 13.6. The van der Waals surface area contributed by atoms with E-state index >= 15 is 0 Å². The van der Waals surface area contributed by atoms with Gasteiger partial charge in [-0.1, -0.05) is 53.8 Å². The van der Waals surface area contributed by atoms with Crippen LogP contribution in [0.4, 0.5) is 5.69 Å². The molecule has 0 amide bonds. The van der Waals surface area contributed by atoms with Gasteiger partial charge in [0, 0.05) is 14.8 Å². The third kappa shape index (κ3) is 3.16. The highest BCUT2D eigenvalue weighted by Gasteiger charge is 2.06. The normalized spacial score (nSPS) is 10.4. The maximum atomic E-state index is 4.25. The molecule has 0 aliphatic heterocycles. The summed E-state index contributed by atoms with van der Waals surface area (Å²) in [5, 5.41) is 13.8. The lowest BCUT2D eigenvalue weighted by Crippen LogP contribution is -2.00. The average molecular weight is 393 g/mol. The number of anilines is 1. The van der Waals surface area contributed by atoms with Gasteiger partial charge in [-0.25, -0.2) is 0 Å². The van der Waals surface area contributed by atoms with Crippen LogP contribution >= 0.6 is 33.9 Å². The Labute approximate surface area is 135 Å². The van der Waals surface area contributed by atoms with Crippen LogP contribution < -0.4 is 5.32 Å². The minimum atomic E-state index is 0.699. The molecular weight excluding hydrogens is 381 g/mol. The van der Waals surface area contributed by atoms with Crippen molar-refractivity contribution < 1.29 is 0 Å². The Bertz CT molecular complexity index is 697. The highest BCUT2D eigenvalue weighted by molar-refractivity contribution is 14.1. The molecule has 0 saturated heterocycles. The fourth-order valence-corrected chi connectivity index (χ4v) is 3.16. The van der Waals surface area contributed by atoms with E-state index in [1.165, 1.54) is 3.57 Å². The molecule has 0 saturated carbocycles. The van der Waals surface area contributed by atoms with Crippen molar-refractivity contribution in [3.8, 4) is 10.6 Å². The summed E-state index contributed by atoms with van der Waals surface area (Å²) in [4.78, 5) is 0. The van der Waals surface area contributed by atoms with E-state index < -0.39 is 0 Å². The molecule has 0 atom stereocenters. The van der Waals surface area contributed by atoms with Gasteiger partial charge in [0.2, 0.25) is 0 Å². The Morgan fingerprint density at radius 2 is 1.70 bits per heavy atom. The van der Waals surface area contributed by atoms with Gasteiger partial charge in [0.05, 0.1) is 6.54 Å². The molecular formula is C15H12IN3S. The van der Waals surface area contributed by atoms with Crippen LogP contribution in [0.3, 0.4) is 0 Å². The molecule has 0 aliphatic rings. The number of benzene rings is 2. The van der Waals surface area contributed by atoms with Gasteiger partial charge < -0.3 is 5.32 Å². The Morgan fingerprint density at radius 3 is 2.50 bits per heavy atom. The summed E-state index contributed by atoms with van der Waals surface area (Å²) in [6.45, 7) is 0.699. The van der Waals surface area contributed by atoms with Crippen molar-refractivity contribution in [2.45, 2.75) is 6.54 Å².